The van der Waals surface area contributed by atoms with Crippen molar-refractivity contribution in [3.8, 4) is 11.5 Å². The highest BCUT2D eigenvalue weighted by atomic mass is 32.1. The smallest absolute Gasteiger partial charge is 0.251 e. The number of aliphatic hydroxyl groups is 1. The Balaban J connectivity index is 1.45. The molecule has 0 spiro atoms. The quantitative estimate of drug-likeness (QED) is 0.765. The van der Waals surface area contributed by atoms with E-state index in [-0.39, 0.29) is 19.2 Å². The van der Waals surface area contributed by atoms with E-state index in [9.17, 15) is 9.90 Å². The van der Waals surface area contributed by atoms with E-state index in [0.29, 0.717) is 17.1 Å². The number of fused-ring (bicyclic) bond motifs is 2. The Morgan fingerprint density at radius 3 is 2.96 bits per heavy atom. The Morgan fingerprint density at radius 1 is 1.21 bits per heavy atom. The molecule has 4 rings (SSSR count). The molecule has 0 fully saturated rings. The first kappa shape index (κ1) is 15.0. The minimum Gasteiger partial charge on any atom is -0.454 e. The first-order valence-corrected chi connectivity index (χ1v) is 8.42. The molecule has 2 heterocycles. The van der Waals surface area contributed by atoms with Crippen LogP contribution in [0.15, 0.2) is 47.8 Å². The molecule has 0 unspecified atom stereocenters. The number of rotatable bonds is 4. The molecule has 1 aromatic heterocycles. The lowest BCUT2D eigenvalue weighted by molar-refractivity contribution is 0.0916. The van der Waals surface area contributed by atoms with Crippen LogP contribution in [0.25, 0.3) is 10.1 Å². The largest absolute Gasteiger partial charge is 0.454 e. The number of ether oxygens (including phenoxy) is 2. The lowest BCUT2D eigenvalue weighted by atomic mass is 10.1. The van der Waals surface area contributed by atoms with Crippen molar-refractivity contribution in [1.29, 1.82) is 0 Å². The third-order valence-corrected chi connectivity index (χ3v) is 4.94. The summed E-state index contributed by atoms with van der Waals surface area (Å²) in [7, 11) is 0. The molecule has 122 valence electrons. The molecule has 6 heteroatoms. The van der Waals surface area contributed by atoms with Gasteiger partial charge in [-0.2, -0.15) is 0 Å². The van der Waals surface area contributed by atoms with Crippen molar-refractivity contribution in [2.45, 2.75) is 6.10 Å². The summed E-state index contributed by atoms with van der Waals surface area (Å²) in [6.07, 6.45) is -0.751. The van der Waals surface area contributed by atoms with E-state index in [4.69, 9.17) is 9.47 Å². The molecular formula is C18H15NO4S. The molecule has 24 heavy (non-hydrogen) atoms. The van der Waals surface area contributed by atoms with Crippen LogP contribution in [0.4, 0.5) is 0 Å². The van der Waals surface area contributed by atoms with E-state index >= 15 is 0 Å². The van der Waals surface area contributed by atoms with Crippen molar-refractivity contribution < 1.29 is 19.4 Å². The zero-order valence-electron chi connectivity index (χ0n) is 12.7. The van der Waals surface area contributed by atoms with Crippen LogP contribution in [0.2, 0.25) is 0 Å². The monoisotopic (exact) mass is 341 g/mol. The summed E-state index contributed by atoms with van der Waals surface area (Å²) in [5.74, 6) is 0.940. The van der Waals surface area contributed by atoms with Crippen LogP contribution in [0.5, 0.6) is 11.5 Å². The van der Waals surface area contributed by atoms with Crippen molar-refractivity contribution in [3.05, 3.63) is 59.0 Å². The Morgan fingerprint density at radius 2 is 2.04 bits per heavy atom. The first-order chi connectivity index (χ1) is 11.7. The highest BCUT2D eigenvalue weighted by molar-refractivity contribution is 7.17. The topological polar surface area (TPSA) is 67.8 Å². The predicted octanol–water partition coefficient (Wildman–Crippen LogP) is 3.09. The molecule has 1 amide bonds. The molecule has 2 N–H and O–H groups in total. The molecule has 0 aliphatic carbocycles. The molecule has 0 radical (unpaired) electrons. The van der Waals surface area contributed by atoms with Gasteiger partial charge in [0.15, 0.2) is 11.5 Å². The van der Waals surface area contributed by atoms with Crippen molar-refractivity contribution in [3.63, 3.8) is 0 Å². The van der Waals surface area contributed by atoms with Gasteiger partial charge < -0.3 is 19.9 Å². The van der Waals surface area contributed by atoms with Gasteiger partial charge in [0, 0.05) is 22.4 Å². The third-order valence-electron chi connectivity index (χ3n) is 3.96. The molecule has 5 nitrogen and oxygen atoms in total. The minimum atomic E-state index is -0.751. The molecule has 1 atom stereocenters. The fourth-order valence-electron chi connectivity index (χ4n) is 2.70. The number of hydrogen-bond donors (Lipinski definition) is 2. The molecule has 3 aromatic rings. The van der Waals surface area contributed by atoms with Crippen LogP contribution in [0.3, 0.4) is 0 Å². The number of hydrogen-bond acceptors (Lipinski definition) is 5. The van der Waals surface area contributed by atoms with Crippen LogP contribution in [0.1, 0.15) is 22.0 Å². The standard InChI is InChI=1S/C18H15NO4S/c20-14(13-9-24-17-4-2-1-3-12(13)17)8-19-18(21)11-5-6-15-16(7-11)23-10-22-15/h1-7,9,14,20H,8,10H2,(H,19,21)/t14-/m1/s1. The highest BCUT2D eigenvalue weighted by Gasteiger charge is 2.18. The maximum Gasteiger partial charge on any atom is 0.251 e. The van der Waals surface area contributed by atoms with E-state index in [1.165, 1.54) is 0 Å². The molecule has 1 aliphatic rings. The molecule has 0 saturated carbocycles. The van der Waals surface area contributed by atoms with E-state index in [2.05, 4.69) is 5.32 Å². The normalized spacial score (nSPS) is 13.9. The van der Waals surface area contributed by atoms with Gasteiger partial charge in [0.05, 0.1) is 6.10 Å². The number of thiophene rings is 1. The number of amides is 1. The molecule has 1 aliphatic heterocycles. The summed E-state index contributed by atoms with van der Waals surface area (Å²) in [5, 5.41) is 16.1. The molecule has 2 aromatic carbocycles. The van der Waals surface area contributed by atoms with Crippen LogP contribution in [-0.4, -0.2) is 24.4 Å². The average Bonchev–Trinajstić information content (AvgIpc) is 3.25. The maximum atomic E-state index is 12.3. The second-order valence-corrected chi connectivity index (χ2v) is 6.39. The van der Waals surface area contributed by atoms with E-state index in [1.54, 1.807) is 29.5 Å². The summed E-state index contributed by atoms with van der Waals surface area (Å²) in [4.78, 5) is 12.3. The second kappa shape index (κ2) is 6.14. The van der Waals surface area contributed by atoms with Gasteiger partial charge in [-0.05, 0) is 35.0 Å². The van der Waals surface area contributed by atoms with Gasteiger partial charge in [0.2, 0.25) is 6.79 Å². The summed E-state index contributed by atoms with van der Waals surface area (Å²) < 4.78 is 11.6. The fourth-order valence-corrected chi connectivity index (χ4v) is 3.70. The highest BCUT2D eigenvalue weighted by Crippen LogP contribution is 2.33. The van der Waals surface area contributed by atoms with Gasteiger partial charge in [-0.1, -0.05) is 18.2 Å². The van der Waals surface area contributed by atoms with Crippen molar-refractivity contribution in [1.82, 2.24) is 5.32 Å². The lowest BCUT2D eigenvalue weighted by Gasteiger charge is -2.12. The summed E-state index contributed by atoms with van der Waals surface area (Å²) in [5.41, 5.74) is 1.31. The van der Waals surface area contributed by atoms with Crippen LogP contribution in [-0.2, 0) is 0 Å². The Bertz CT molecular complexity index is 905. The Hall–Kier alpha value is -2.57. The van der Waals surface area contributed by atoms with Crippen LogP contribution >= 0.6 is 11.3 Å². The number of aliphatic hydroxyl groups excluding tert-OH is 1. The van der Waals surface area contributed by atoms with Crippen LogP contribution < -0.4 is 14.8 Å². The van der Waals surface area contributed by atoms with Gasteiger partial charge >= 0.3 is 0 Å². The van der Waals surface area contributed by atoms with Gasteiger partial charge in [-0.25, -0.2) is 0 Å². The number of carbonyl (C=O) groups is 1. The van der Waals surface area contributed by atoms with Gasteiger partial charge in [0.25, 0.3) is 5.91 Å². The number of nitrogens with one attached hydrogen (secondary N) is 1. The second-order valence-electron chi connectivity index (χ2n) is 5.48. The predicted molar refractivity (Wildman–Crippen MR) is 91.7 cm³/mol. The zero-order chi connectivity index (χ0) is 16.5. The third kappa shape index (κ3) is 2.70. The van der Waals surface area contributed by atoms with E-state index < -0.39 is 6.10 Å². The molecule has 0 saturated heterocycles. The number of carbonyl (C=O) groups excluding carboxylic acids is 1. The SMILES string of the molecule is O=C(NC[C@@H](O)c1csc2ccccc12)c1ccc2c(c1)OCO2. The van der Waals surface area contributed by atoms with E-state index in [0.717, 1.165) is 15.6 Å². The first-order valence-electron chi connectivity index (χ1n) is 7.54. The van der Waals surface area contributed by atoms with E-state index in [1.807, 2.05) is 29.6 Å². The van der Waals surface area contributed by atoms with Crippen molar-refractivity contribution in [2.24, 2.45) is 0 Å². The zero-order valence-corrected chi connectivity index (χ0v) is 13.5. The number of benzene rings is 2. The molecular weight excluding hydrogens is 326 g/mol. The van der Waals surface area contributed by atoms with Crippen molar-refractivity contribution in [2.75, 3.05) is 13.3 Å². The summed E-state index contributed by atoms with van der Waals surface area (Å²) in [6.45, 7) is 0.318. The van der Waals surface area contributed by atoms with Crippen molar-refractivity contribution >= 4 is 27.3 Å². The van der Waals surface area contributed by atoms with Gasteiger partial charge in [-0.15, -0.1) is 11.3 Å². The minimum absolute atomic E-state index is 0.147. The average molecular weight is 341 g/mol. The maximum absolute atomic E-state index is 12.3. The molecule has 0 bridgehead atoms. The summed E-state index contributed by atoms with van der Waals surface area (Å²) in [6, 6.07) is 12.9. The lowest BCUT2D eigenvalue weighted by Crippen LogP contribution is -2.28. The van der Waals surface area contributed by atoms with Gasteiger partial charge in [0.1, 0.15) is 0 Å². The fraction of sp³-hybridized carbons (Fsp3) is 0.167. The Kier molecular flexibility index (Phi) is 3.84. The van der Waals surface area contributed by atoms with Crippen LogP contribution in [0, 0.1) is 0 Å². The van der Waals surface area contributed by atoms with Gasteiger partial charge in [-0.3, -0.25) is 4.79 Å². The Labute approximate surface area is 142 Å². The summed E-state index contributed by atoms with van der Waals surface area (Å²) >= 11 is 1.58.